The van der Waals surface area contributed by atoms with Crippen LogP contribution in [0.1, 0.15) is 26.7 Å². The van der Waals surface area contributed by atoms with Crippen LogP contribution >= 0.6 is 0 Å². The van der Waals surface area contributed by atoms with Crippen LogP contribution in [0.3, 0.4) is 0 Å². The molecule has 1 aliphatic rings. The highest BCUT2D eigenvalue weighted by atomic mass is 16.5. The Hall–Kier alpha value is -0.120. The zero-order valence-electron chi connectivity index (χ0n) is 11.0. The van der Waals surface area contributed by atoms with Crippen molar-refractivity contribution in [1.29, 1.82) is 0 Å². The van der Waals surface area contributed by atoms with Crippen molar-refractivity contribution in [3.63, 3.8) is 0 Å². The molecule has 1 fully saturated rings. The van der Waals surface area contributed by atoms with E-state index >= 15 is 0 Å². The third kappa shape index (κ3) is 7.77. The maximum atomic E-state index is 5.05. The largest absolute Gasteiger partial charge is 0.385 e. The fourth-order valence-electron chi connectivity index (χ4n) is 1.76. The lowest BCUT2D eigenvalue weighted by Crippen LogP contribution is -2.30. The summed E-state index contributed by atoms with van der Waals surface area (Å²) in [5, 5.41) is 0. The maximum absolute atomic E-state index is 5.05. The Kier molecular flexibility index (Phi) is 10.3. The van der Waals surface area contributed by atoms with E-state index in [1.165, 1.54) is 45.6 Å². The summed E-state index contributed by atoms with van der Waals surface area (Å²) < 4.78 is 5.05. The van der Waals surface area contributed by atoms with Crippen molar-refractivity contribution in [2.24, 2.45) is 0 Å². The van der Waals surface area contributed by atoms with E-state index in [4.69, 9.17) is 4.74 Å². The van der Waals surface area contributed by atoms with Crippen molar-refractivity contribution in [1.82, 2.24) is 9.80 Å². The normalized spacial score (nSPS) is 19.2. The lowest BCUT2D eigenvalue weighted by Gasteiger charge is -2.19. The molecule has 3 nitrogen and oxygen atoms in total. The van der Waals surface area contributed by atoms with Gasteiger partial charge in [0, 0.05) is 33.4 Å². The Bertz CT molecular complexity index is 131. The summed E-state index contributed by atoms with van der Waals surface area (Å²) in [6.07, 6.45) is 2.48. The molecule has 0 saturated carbocycles. The summed E-state index contributed by atoms with van der Waals surface area (Å²) in [7, 11) is 3.98. The van der Waals surface area contributed by atoms with Gasteiger partial charge in [0.1, 0.15) is 0 Å². The van der Waals surface area contributed by atoms with E-state index in [2.05, 4.69) is 16.8 Å². The molecule has 1 aliphatic heterocycles. The third-order valence-electron chi connectivity index (χ3n) is 2.63. The lowest BCUT2D eigenvalue weighted by atomic mass is 10.3. The quantitative estimate of drug-likeness (QED) is 0.665. The molecule has 1 saturated heterocycles. The second-order valence-electron chi connectivity index (χ2n) is 3.84. The summed E-state index contributed by atoms with van der Waals surface area (Å²) in [5.41, 5.74) is 0. The summed E-state index contributed by atoms with van der Waals surface area (Å²) in [5.74, 6) is 0. The molecule has 0 aromatic heterocycles. The number of hydrogen-bond acceptors (Lipinski definition) is 3. The first-order valence-corrected chi connectivity index (χ1v) is 6.23. The van der Waals surface area contributed by atoms with E-state index in [-0.39, 0.29) is 0 Å². The molecule has 0 unspecified atom stereocenters. The first-order chi connectivity index (χ1) is 7.33. The number of methoxy groups -OCH3 is 1. The lowest BCUT2D eigenvalue weighted by molar-refractivity contribution is 0.173. The minimum absolute atomic E-state index is 0.895. The van der Waals surface area contributed by atoms with Gasteiger partial charge in [-0.2, -0.15) is 0 Å². The molecule has 1 rings (SSSR count). The zero-order valence-corrected chi connectivity index (χ0v) is 11.0. The smallest absolute Gasteiger partial charge is 0.0474 e. The second-order valence-corrected chi connectivity index (χ2v) is 3.84. The number of hydrogen-bond donors (Lipinski definition) is 0. The van der Waals surface area contributed by atoms with E-state index in [0.29, 0.717) is 0 Å². The molecule has 3 heteroatoms. The number of rotatable bonds is 4. The van der Waals surface area contributed by atoms with Gasteiger partial charge in [0.05, 0.1) is 0 Å². The molecule has 0 spiro atoms. The van der Waals surface area contributed by atoms with Gasteiger partial charge in [-0.15, -0.1) is 0 Å². The average Bonchev–Trinajstić information content (AvgIpc) is 2.47. The topological polar surface area (TPSA) is 15.7 Å². The minimum Gasteiger partial charge on any atom is -0.385 e. The number of ether oxygens (including phenoxy) is 1. The highest BCUT2D eigenvalue weighted by molar-refractivity contribution is 4.66. The Morgan fingerprint density at radius 2 is 1.80 bits per heavy atom. The van der Waals surface area contributed by atoms with E-state index in [0.717, 1.165) is 6.61 Å². The van der Waals surface area contributed by atoms with Crippen molar-refractivity contribution >= 4 is 0 Å². The fourth-order valence-corrected chi connectivity index (χ4v) is 1.76. The standard InChI is InChI=1S/C10H22N2O.C2H6/c1-11-5-3-6-12(9-8-11)7-4-10-13-2;1-2/h3-10H2,1-2H3;1-2H3. The third-order valence-corrected chi connectivity index (χ3v) is 2.63. The van der Waals surface area contributed by atoms with Gasteiger partial charge in [-0.25, -0.2) is 0 Å². The van der Waals surface area contributed by atoms with Crippen molar-refractivity contribution in [3.05, 3.63) is 0 Å². The minimum atomic E-state index is 0.895. The predicted octanol–water partition coefficient (Wildman–Crippen LogP) is 1.69. The summed E-state index contributed by atoms with van der Waals surface area (Å²) in [4.78, 5) is 4.96. The highest BCUT2D eigenvalue weighted by Crippen LogP contribution is 2.01. The van der Waals surface area contributed by atoms with Crippen LogP contribution in [-0.2, 0) is 4.74 Å². The molecule has 1 heterocycles. The molecule has 92 valence electrons. The van der Waals surface area contributed by atoms with Gasteiger partial charge in [0.15, 0.2) is 0 Å². The SMILES string of the molecule is CC.COCCCN1CCCN(C)CC1. The molecule has 0 aromatic rings. The zero-order chi connectivity index (χ0) is 11.5. The molecule has 15 heavy (non-hydrogen) atoms. The maximum Gasteiger partial charge on any atom is 0.0474 e. The van der Waals surface area contributed by atoms with E-state index in [1.807, 2.05) is 13.8 Å². The van der Waals surface area contributed by atoms with Crippen LogP contribution in [0.15, 0.2) is 0 Å². The summed E-state index contributed by atoms with van der Waals surface area (Å²) >= 11 is 0. The number of nitrogens with zero attached hydrogens (tertiary/aromatic N) is 2. The van der Waals surface area contributed by atoms with Gasteiger partial charge in [-0.3, -0.25) is 0 Å². The van der Waals surface area contributed by atoms with Crippen LogP contribution in [-0.4, -0.2) is 63.3 Å². The predicted molar refractivity (Wildman–Crippen MR) is 66.4 cm³/mol. The van der Waals surface area contributed by atoms with Crippen LogP contribution in [0.2, 0.25) is 0 Å². The van der Waals surface area contributed by atoms with Crippen LogP contribution in [0, 0.1) is 0 Å². The second kappa shape index (κ2) is 10.4. The van der Waals surface area contributed by atoms with E-state index in [9.17, 15) is 0 Å². The molecular formula is C12H28N2O. The Labute approximate surface area is 95.4 Å². The molecular weight excluding hydrogens is 188 g/mol. The van der Waals surface area contributed by atoms with E-state index < -0.39 is 0 Å². The Morgan fingerprint density at radius 1 is 1.07 bits per heavy atom. The molecule has 0 aromatic carbocycles. The van der Waals surface area contributed by atoms with Crippen molar-refractivity contribution in [3.8, 4) is 0 Å². The summed E-state index contributed by atoms with van der Waals surface area (Å²) in [6.45, 7) is 11.0. The van der Waals surface area contributed by atoms with Gasteiger partial charge in [0.2, 0.25) is 0 Å². The first-order valence-electron chi connectivity index (χ1n) is 6.23. The van der Waals surface area contributed by atoms with Crippen LogP contribution in [0.5, 0.6) is 0 Å². The number of likely N-dealkylation sites (N-methyl/N-ethyl adjacent to an activating group) is 1. The molecule has 0 radical (unpaired) electrons. The molecule has 0 N–H and O–H groups in total. The monoisotopic (exact) mass is 216 g/mol. The molecule has 0 aliphatic carbocycles. The Balaban J connectivity index is 0.000000921. The highest BCUT2D eigenvalue weighted by Gasteiger charge is 2.10. The molecule has 0 atom stereocenters. The van der Waals surface area contributed by atoms with Crippen LogP contribution in [0.4, 0.5) is 0 Å². The van der Waals surface area contributed by atoms with Crippen molar-refractivity contribution in [2.45, 2.75) is 26.7 Å². The fraction of sp³-hybridized carbons (Fsp3) is 1.00. The van der Waals surface area contributed by atoms with E-state index in [1.54, 1.807) is 7.11 Å². The van der Waals surface area contributed by atoms with Crippen LogP contribution in [0.25, 0.3) is 0 Å². The van der Waals surface area contributed by atoms with Gasteiger partial charge in [-0.1, -0.05) is 13.8 Å². The van der Waals surface area contributed by atoms with Crippen LogP contribution < -0.4 is 0 Å². The first kappa shape index (κ1) is 14.9. The summed E-state index contributed by atoms with van der Waals surface area (Å²) in [6, 6.07) is 0. The molecule has 0 amide bonds. The van der Waals surface area contributed by atoms with Crippen molar-refractivity contribution in [2.75, 3.05) is 53.5 Å². The van der Waals surface area contributed by atoms with Crippen molar-refractivity contribution < 1.29 is 4.74 Å². The van der Waals surface area contributed by atoms with Gasteiger partial charge < -0.3 is 14.5 Å². The van der Waals surface area contributed by atoms with Gasteiger partial charge in [-0.05, 0) is 33.0 Å². The van der Waals surface area contributed by atoms with Gasteiger partial charge in [0.25, 0.3) is 0 Å². The Morgan fingerprint density at radius 3 is 2.47 bits per heavy atom. The average molecular weight is 216 g/mol. The molecule has 0 bridgehead atoms. The van der Waals surface area contributed by atoms with Gasteiger partial charge >= 0.3 is 0 Å².